The Bertz CT molecular complexity index is 932. The van der Waals surface area contributed by atoms with Gasteiger partial charge in [-0.05, 0) is 31.5 Å². The predicted octanol–water partition coefficient (Wildman–Crippen LogP) is 3.22. The molecule has 0 aliphatic carbocycles. The number of aromatic nitrogens is 1. The molecule has 2 atom stereocenters. The Morgan fingerprint density at radius 3 is 2.86 bits per heavy atom. The van der Waals surface area contributed by atoms with Crippen LogP contribution in [0.5, 0.6) is 11.5 Å². The number of fused-ring (bicyclic) bond motifs is 1. The number of benzene rings is 1. The van der Waals surface area contributed by atoms with Crippen molar-refractivity contribution in [3.05, 3.63) is 23.6 Å². The van der Waals surface area contributed by atoms with Gasteiger partial charge in [0.2, 0.25) is 11.8 Å². The minimum Gasteiger partial charge on any atom is -0.493 e. The van der Waals surface area contributed by atoms with E-state index in [9.17, 15) is 9.59 Å². The van der Waals surface area contributed by atoms with Gasteiger partial charge in [-0.25, -0.2) is 4.98 Å². The van der Waals surface area contributed by atoms with E-state index in [0.717, 1.165) is 17.7 Å². The van der Waals surface area contributed by atoms with Gasteiger partial charge in [-0.1, -0.05) is 0 Å². The van der Waals surface area contributed by atoms with Crippen LogP contribution in [0.15, 0.2) is 23.6 Å². The first-order valence-corrected chi connectivity index (χ1v) is 10.8. The number of nitrogens with zero attached hydrogens (tertiary/aromatic N) is 2. The molecule has 9 heteroatoms. The number of thiazole rings is 1. The lowest BCUT2D eigenvalue weighted by Crippen LogP contribution is -2.48. The summed E-state index contributed by atoms with van der Waals surface area (Å²) in [6.07, 6.45) is 1.30. The number of rotatable bonds is 5. The monoisotopic (exact) mass is 419 g/mol. The van der Waals surface area contributed by atoms with Gasteiger partial charge >= 0.3 is 0 Å². The van der Waals surface area contributed by atoms with Crippen molar-refractivity contribution in [2.24, 2.45) is 0 Å². The first kappa shape index (κ1) is 19.1. The fourth-order valence-electron chi connectivity index (χ4n) is 3.66. The third kappa shape index (κ3) is 3.22. The highest BCUT2D eigenvalue weighted by Crippen LogP contribution is 2.47. The number of hydrogen-bond donors (Lipinski definition) is 1. The number of anilines is 1. The van der Waals surface area contributed by atoms with Crippen molar-refractivity contribution >= 4 is 40.0 Å². The molecular formula is C19H21N3O4S2. The number of thioether (sulfide) groups is 1. The van der Waals surface area contributed by atoms with Gasteiger partial charge in [0.05, 0.1) is 24.8 Å². The molecule has 1 aromatic heterocycles. The lowest BCUT2D eigenvalue weighted by atomic mass is 10.1. The van der Waals surface area contributed by atoms with Crippen LogP contribution in [0.2, 0.25) is 0 Å². The maximum absolute atomic E-state index is 12.8. The van der Waals surface area contributed by atoms with E-state index in [2.05, 4.69) is 10.3 Å². The third-order valence-corrected chi connectivity index (χ3v) is 7.42. The second-order valence-electron chi connectivity index (χ2n) is 6.86. The maximum Gasteiger partial charge on any atom is 0.249 e. The van der Waals surface area contributed by atoms with Crippen LogP contribution in [0, 0.1) is 0 Å². The molecule has 7 nitrogen and oxygen atoms in total. The van der Waals surface area contributed by atoms with Gasteiger partial charge in [-0.15, -0.1) is 23.1 Å². The van der Waals surface area contributed by atoms with Gasteiger partial charge in [-0.2, -0.15) is 0 Å². The highest BCUT2D eigenvalue weighted by atomic mass is 32.2. The summed E-state index contributed by atoms with van der Waals surface area (Å²) in [5, 5.41) is 5.28. The maximum atomic E-state index is 12.8. The summed E-state index contributed by atoms with van der Waals surface area (Å²) in [6, 6.07) is 5.12. The van der Waals surface area contributed by atoms with Gasteiger partial charge in [0.25, 0.3) is 0 Å². The molecule has 148 valence electrons. The van der Waals surface area contributed by atoms with Gasteiger partial charge in [-0.3, -0.25) is 9.59 Å². The van der Waals surface area contributed by atoms with Crippen molar-refractivity contribution in [3.63, 3.8) is 0 Å². The van der Waals surface area contributed by atoms with Crippen LogP contribution >= 0.6 is 23.1 Å². The number of amides is 2. The minimum atomic E-state index is -0.446. The Hall–Kier alpha value is -2.26. The molecule has 0 saturated carbocycles. The van der Waals surface area contributed by atoms with Crippen LogP contribution in [-0.2, 0) is 9.59 Å². The second kappa shape index (κ2) is 7.29. The Morgan fingerprint density at radius 1 is 1.32 bits per heavy atom. The average Bonchev–Trinajstić information content (AvgIpc) is 3.37. The van der Waals surface area contributed by atoms with Crippen LogP contribution in [-0.4, -0.2) is 52.6 Å². The molecule has 28 heavy (non-hydrogen) atoms. The van der Waals surface area contributed by atoms with Crippen molar-refractivity contribution in [2.75, 3.05) is 25.3 Å². The molecule has 2 aromatic rings. The predicted molar refractivity (Wildman–Crippen MR) is 110 cm³/mol. The van der Waals surface area contributed by atoms with Gasteiger partial charge in [0, 0.05) is 23.1 Å². The first-order chi connectivity index (χ1) is 13.4. The van der Waals surface area contributed by atoms with E-state index in [1.807, 2.05) is 30.5 Å². The largest absolute Gasteiger partial charge is 0.493 e. The Kier molecular flexibility index (Phi) is 4.96. The number of carbonyl (C=O) groups is 2. The van der Waals surface area contributed by atoms with E-state index < -0.39 is 6.04 Å². The zero-order valence-electron chi connectivity index (χ0n) is 15.9. The van der Waals surface area contributed by atoms with E-state index in [1.54, 1.807) is 30.9 Å². The van der Waals surface area contributed by atoms with Crippen molar-refractivity contribution in [2.45, 2.75) is 30.7 Å². The van der Waals surface area contributed by atoms with Crippen molar-refractivity contribution in [3.8, 4) is 22.8 Å². The Balaban J connectivity index is 1.50. The molecule has 2 aliphatic rings. The van der Waals surface area contributed by atoms with Gasteiger partial charge in [0.1, 0.15) is 6.04 Å². The molecule has 0 radical (unpaired) electrons. The SMILES string of the molecule is COc1ccc(-c2csc(NC(=O)[C@@H]3CS[C@@]4(C)CCC(=O)N34)n2)cc1OC. The topological polar surface area (TPSA) is 80.8 Å². The van der Waals surface area contributed by atoms with E-state index in [1.165, 1.54) is 11.3 Å². The van der Waals surface area contributed by atoms with E-state index in [-0.39, 0.29) is 16.7 Å². The number of hydrogen-bond acceptors (Lipinski definition) is 7. The first-order valence-electron chi connectivity index (χ1n) is 8.90. The van der Waals surface area contributed by atoms with Gasteiger partial charge < -0.3 is 19.7 Å². The van der Waals surface area contributed by atoms with E-state index in [4.69, 9.17) is 9.47 Å². The summed E-state index contributed by atoms with van der Waals surface area (Å²) in [7, 11) is 3.17. The van der Waals surface area contributed by atoms with E-state index in [0.29, 0.717) is 28.8 Å². The quantitative estimate of drug-likeness (QED) is 0.802. The van der Waals surface area contributed by atoms with Crippen LogP contribution in [0.25, 0.3) is 11.3 Å². The molecule has 0 spiro atoms. The van der Waals surface area contributed by atoms with Crippen molar-refractivity contribution in [1.29, 1.82) is 0 Å². The van der Waals surface area contributed by atoms with Crippen molar-refractivity contribution in [1.82, 2.24) is 9.88 Å². The second-order valence-corrected chi connectivity index (χ2v) is 9.22. The summed E-state index contributed by atoms with van der Waals surface area (Å²) in [5.74, 6) is 1.75. The highest BCUT2D eigenvalue weighted by Gasteiger charge is 2.52. The number of methoxy groups -OCH3 is 2. The molecule has 4 rings (SSSR count). The molecule has 1 aromatic carbocycles. The third-order valence-electron chi connectivity index (χ3n) is 5.16. The fraction of sp³-hybridized carbons (Fsp3) is 0.421. The zero-order valence-corrected chi connectivity index (χ0v) is 17.5. The summed E-state index contributed by atoms with van der Waals surface area (Å²) in [6.45, 7) is 2.04. The molecule has 2 fully saturated rings. The van der Waals surface area contributed by atoms with Crippen LogP contribution in [0.1, 0.15) is 19.8 Å². The molecular weight excluding hydrogens is 398 g/mol. The van der Waals surface area contributed by atoms with Crippen LogP contribution < -0.4 is 14.8 Å². The summed E-state index contributed by atoms with van der Waals surface area (Å²) in [4.78, 5) is 31.0. The standard InChI is InChI=1S/C19H21N3O4S2/c1-19-7-6-16(23)22(19)13(10-28-19)17(24)21-18-20-12(9-27-18)11-4-5-14(25-2)15(8-11)26-3/h4-5,8-9,13H,6-7,10H2,1-3H3,(H,20,21,24)/t13-,19-/m0/s1. The minimum absolute atomic E-state index is 0.0535. The fourth-order valence-corrected chi connectivity index (χ4v) is 5.82. The lowest BCUT2D eigenvalue weighted by molar-refractivity contribution is -0.135. The van der Waals surface area contributed by atoms with Crippen LogP contribution in [0.3, 0.4) is 0 Å². The number of nitrogens with one attached hydrogen (secondary N) is 1. The lowest BCUT2D eigenvalue weighted by Gasteiger charge is -2.29. The summed E-state index contributed by atoms with van der Waals surface area (Å²) in [5.41, 5.74) is 1.61. The normalized spacial score (nSPS) is 23.6. The zero-order chi connectivity index (χ0) is 19.9. The Morgan fingerprint density at radius 2 is 2.11 bits per heavy atom. The molecule has 1 N–H and O–H groups in total. The summed E-state index contributed by atoms with van der Waals surface area (Å²) < 4.78 is 10.6. The molecule has 0 bridgehead atoms. The highest BCUT2D eigenvalue weighted by molar-refractivity contribution is 8.01. The number of ether oxygens (including phenoxy) is 2. The average molecular weight is 420 g/mol. The molecule has 2 amide bonds. The van der Waals surface area contributed by atoms with Crippen molar-refractivity contribution < 1.29 is 19.1 Å². The molecule has 2 saturated heterocycles. The number of carbonyl (C=O) groups excluding carboxylic acids is 2. The van der Waals surface area contributed by atoms with Crippen LogP contribution in [0.4, 0.5) is 5.13 Å². The molecule has 2 aliphatic heterocycles. The van der Waals surface area contributed by atoms with Gasteiger partial charge in [0.15, 0.2) is 16.6 Å². The smallest absolute Gasteiger partial charge is 0.249 e. The molecule has 3 heterocycles. The summed E-state index contributed by atoms with van der Waals surface area (Å²) >= 11 is 3.03. The Labute approximate surface area is 171 Å². The van der Waals surface area contributed by atoms with E-state index >= 15 is 0 Å². The molecule has 0 unspecified atom stereocenters.